The van der Waals surface area contributed by atoms with Gasteiger partial charge in [-0.15, -0.1) is 0 Å². The van der Waals surface area contributed by atoms with Gasteiger partial charge in [0.15, 0.2) is 11.3 Å². The molecule has 1 amide bonds. The van der Waals surface area contributed by atoms with Crippen LogP contribution in [0.3, 0.4) is 0 Å². The summed E-state index contributed by atoms with van der Waals surface area (Å²) in [6, 6.07) is 12.9. The minimum absolute atomic E-state index is 0.0748. The van der Waals surface area contributed by atoms with Crippen molar-refractivity contribution in [3.05, 3.63) is 76.1 Å². The Bertz CT molecular complexity index is 2570. The molecule has 2 N–H and O–H groups in total. The molecule has 2 aliphatic heterocycles. The fourth-order valence-corrected chi connectivity index (χ4v) is 10.5. The molecule has 5 aromatic rings. The van der Waals surface area contributed by atoms with Gasteiger partial charge in [-0.3, -0.25) is 24.3 Å². The summed E-state index contributed by atoms with van der Waals surface area (Å²) in [5, 5.41) is 9.81. The van der Waals surface area contributed by atoms with Crippen LogP contribution in [0.4, 0.5) is 8.78 Å². The second kappa shape index (κ2) is 15.7. The van der Waals surface area contributed by atoms with Gasteiger partial charge in [-0.1, -0.05) is 41.9 Å². The number of nitrogens with one attached hydrogen (secondary N) is 1. The van der Waals surface area contributed by atoms with Crippen LogP contribution in [-0.2, 0) is 27.8 Å². The predicted octanol–water partition coefficient (Wildman–Crippen LogP) is 6.67. The molecule has 9 rings (SSSR count). The second-order valence-electron chi connectivity index (χ2n) is 15.8. The number of fused-ring (bicyclic) bond motifs is 2. The van der Waals surface area contributed by atoms with E-state index in [0.717, 1.165) is 28.8 Å². The number of aliphatic hydroxyl groups excluding tert-OH is 1. The van der Waals surface area contributed by atoms with Crippen molar-refractivity contribution in [2.75, 3.05) is 33.3 Å². The zero-order valence-corrected chi connectivity index (χ0v) is 34.0. The number of aromatic nitrogens is 3. The smallest absolute Gasteiger partial charge is 0.387 e. The molecule has 2 aromatic heterocycles. The summed E-state index contributed by atoms with van der Waals surface area (Å²) in [6.07, 6.45) is 4.71. The van der Waals surface area contributed by atoms with Gasteiger partial charge in [0, 0.05) is 48.9 Å². The first-order valence-electron chi connectivity index (χ1n) is 19.8. The van der Waals surface area contributed by atoms with Gasteiger partial charge in [0.25, 0.3) is 0 Å². The number of methoxy groups -OCH3 is 1. The third-order valence-electron chi connectivity index (χ3n) is 12.0. The van der Waals surface area contributed by atoms with Crippen LogP contribution in [0, 0.1) is 12.8 Å². The first kappa shape index (κ1) is 39.7. The van der Waals surface area contributed by atoms with Crippen LogP contribution >= 0.6 is 11.6 Å². The number of halogens is 3. The number of likely N-dealkylation sites (tertiary alicyclic amines) is 2. The fraction of sp³-hybridized carbons (Fsp3) is 0.429. The van der Waals surface area contributed by atoms with Crippen molar-refractivity contribution in [1.82, 2.24) is 29.5 Å². The molecule has 310 valence electrons. The number of sulfonamides is 1. The number of rotatable bonds is 12. The van der Waals surface area contributed by atoms with Crippen LogP contribution in [0.5, 0.6) is 11.6 Å². The van der Waals surface area contributed by atoms with E-state index in [1.807, 2.05) is 43.3 Å². The molecule has 4 heterocycles. The topological polar surface area (TPSA) is 160 Å². The third-order valence-corrected chi connectivity index (χ3v) is 14.2. The molecule has 3 aromatic carbocycles. The maximum Gasteiger partial charge on any atom is 0.387 e. The highest BCUT2D eigenvalue weighted by atomic mass is 35.5. The average molecular weight is 849 g/mol. The van der Waals surface area contributed by atoms with Crippen molar-refractivity contribution >= 4 is 38.6 Å². The normalized spacial score (nSPS) is 21.1. The summed E-state index contributed by atoms with van der Waals surface area (Å²) >= 11 is 7.17. The van der Waals surface area contributed by atoms with E-state index in [-0.39, 0.29) is 29.4 Å². The Morgan fingerprint density at radius 3 is 2.53 bits per heavy atom. The molecule has 4 aliphatic rings. The van der Waals surface area contributed by atoms with Crippen LogP contribution in [0.2, 0.25) is 5.02 Å². The highest BCUT2D eigenvalue weighted by Gasteiger charge is 2.42. The zero-order valence-electron chi connectivity index (χ0n) is 32.5. The molecule has 17 heteroatoms. The number of β-amino-alcohol motifs (C(OH)–C–C–N with tert-alkyl or cyclic N) is 1. The highest BCUT2D eigenvalue weighted by molar-refractivity contribution is 7.90. The summed E-state index contributed by atoms with van der Waals surface area (Å²) in [4.78, 5) is 31.4. The molecule has 3 fully saturated rings. The Hall–Kier alpha value is -4.74. The Morgan fingerprint density at radius 2 is 1.80 bits per heavy atom. The van der Waals surface area contributed by atoms with Crippen molar-refractivity contribution in [3.8, 4) is 45.5 Å². The molecule has 0 bridgehead atoms. The number of aliphatic hydroxyl groups is 1. The Balaban J connectivity index is 1.01. The van der Waals surface area contributed by atoms with Gasteiger partial charge >= 0.3 is 6.61 Å². The monoisotopic (exact) mass is 848 g/mol. The number of ether oxygens (including phenoxy) is 2. The molecule has 0 unspecified atom stereocenters. The number of benzene rings is 3. The van der Waals surface area contributed by atoms with Gasteiger partial charge in [-0.05, 0) is 80.8 Å². The molecule has 0 spiro atoms. The SMILES string of the molecule is COc1nc(-c2cccc(-c3cccc(-c4nc5cc6c(c(OC(F)F)c5o4)CC[C@H]6N4CC[C@@H](C(=O)NS(=O)(=O)C5CC5)C4)c3Cl)c2C)cnc1CN1CC[C@@H](O)C1. The lowest BCUT2D eigenvalue weighted by Crippen LogP contribution is -2.38. The third kappa shape index (κ3) is 7.65. The lowest BCUT2D eigenvalue weighted by atomic mass is 9.94. The van der Waals surface area contributed by atoms with Crippen molar-refractivity contribution in [3.63, 3.8) is 0 Å². The van der Waals surface area contributed by atoms with E-state index in [1.165, 1.54) is 0 Å². The zero-order chi connectivity index (χ0) is 41.2. The number of carbonyl (C=O) groups is 1. The summed E-state index contributed by atoms with van der Waals surface area (Å²) in [7, 11) is -2.11. The van der Waals surface area contributed by atoms with Crippen LogP contribution < -0.4 is 14.2 Å². The summed E-state index contributed by atoms with van der Waals surface area (Å²) < 4.78 is 72.2. The van der Waals surface area contributed by atoms with Crippen molar-refractivity contribution < 1.29 is 41.0 Å². The molecule has 2 saturated heterocycles. The van der Waals surface area contributed by atoms with Gasteiger partial charge in [-0.25, -0.2) is 18.4 Å². The van der Waals surface area contributed by atoms with Crippen LogP contribution in [0.1, 0.15) is 60.5 Å². The van der Waals surface area contributed by atoms with Crippen LogP contribution in [0.25, 0.3) is 44.9 Å². The first-order valence-corrected chi connectivity index (χ1v) is 21.7. The minimum Gasteiger partial charge on any atom is -0.480 e. The lowest BCUT2D eigenvalue weighted by Gasteiger charge is -2.25. The maximum atomic E-state index is 14.0. The molecule has 2 aliphatic carbocycles. The minimum atomic E-state index is -3.67. The number of oxazole rings is 1. The number of alkyl halides is 2. The molecule has 59 heavy (non-hydrogen) atoms. The lowest BCUT2D eigenvalue weighted by molar-refractivity contribution is -0.122. The van der Waals surface area contributed by atoms with Gasteiger partial charge in [0.2, 0.25) is 27.7 Å². The summed E-state index contributed by atoms with van der Waals surface area (Å²) in [5.41, 5.74) is 6.74. The number of nitrogens with zero attached hydrogens (tertiary/aromatic N) is 5. The van der Waals surface area contributed by atoms with Crippen molar-refractivity contribution in [2.45, 2.75) is 76.0 Å². The molecular weight excluding hydrogens is 806 g/mol. The van der Waals surface area contributed by atoms with E-state index in [9.17, 15) is 27.1 Å². The molecule has 13 nitrogen and oxygen atoms in total. The van der Waals surface area contributed by atoms with Gasteiger partial charge in [0.1, 0.15) is 11.2 Å². The molecular formula is C42H43ClF2N6O7S. The summed E-state index contributed by atoms with van der Waals surface area (Å²) in [6.45, 7) is 1.58. The molecule has 0 radical (unpaired) electrons. The van der Waals surface area contributed by atoms with E-state index >= 15 is 0 Å². The Morgan fingerprint density at radius 1 is 1.03 bits per heavy atom. The Labute approximate surface area is 344 Å². The fourth-order valence-electron chi connectivity index (χ4n) is 8.84. The maximum absolute atomic E-state index is 14.0. The highest BCUT2D eigenvalue weighted by Crippen LogP contribution is 2.48. The van der Waals surface area contributed by atoms with Crippen molar-refractivity contribution in [2.24, 2.45) is 5.92 Å². The molecule has 3 atom stereocenters. The van der Waals surface area contributed by atoms with Gasteiger partial charge in [-0.2, -0.15) is 8.78 Å². The second-order valence-corrected chi connectivity index (χ2v) is 18.1. The van der Waals surface area contributed by atoms with E-state index in [4.69, 9.17) is 40.4 Å². The standard InChI is InChI=1S/C42H43ClF2N6O7S/c1-22-26(5-3-6-27(22)33-18-46-34(41(48-33)56-2)21-50-15-14-24(52)20-50)28-7-4-8-30(36(28)43)40-47-32-17-31-29(37(38(32)57-40)58-42(44)45)11-12-35(31)51-16-13-23(19-51)39(53)49-59(54,55)25-9-10-25/h3-8,17-18,23-25,35,42,52H,9-16,19-21H2,1-2H3,(H,49,53)/t23-,24-,35-/m1/s1. The Kier molecular flexibility index (Phi) is 10.6. The number of hydrogen-bond acceptors (Lipinski definition) is 12. The van der Waals surface area contributed by atoms with E-state index in [2.05, 4.69) is 14.5 Å². The summed E-state index contributed by atoms with van der Waals surface area (Å²) in [5.74, 6) is -0.551. The van der Waals surface area contributed by atoms with Gasteiger partial charge in [0.05, 0.1) is 46.9 Å². The first-order chi connectivity index (χ1) is 28.4. The van der Waals surface area contributed by atoms with E-state index in [1.54, 1.807) is 19.4 Å². The average Bonchev–Trinajstić information content (AvgIpc) is 3.48. The predicted molar refractivity (Wildman–Crippen MR) is 216 cm³/mol. The van der Waals surface area contributed by atoms with E-state index < -0.39 is 33.7 Å². The van der Waals surface area contributed by atoms with Crippen LogP contribution in [-0.4, -0.2) is 95.4 Å². The molecule has 1 saturated carbocycles. The van der Waals surface area contributed by atoms with Crippen molar-refractivity contribution in [1.29, 1.82) is 0 Å². The number of hydrogen-bond donors (Lipinski definition) is 2. The van der Waals surface area contributed by atoms with E-state index in [0.29, 0.717) is 109 Å². The number of amides is 1. The number of carbonyl (C=O) groups excluding carboxylic acids is 1. The van der Waals surface area contributed by atoms with Crippen LogP contribution in [0.15, 0.2) is 53.1 Å². The largest absolute Gasteiger partial charge is 0.480 e. The quantitative estimate of drug-likeness (QED) is 0.137. The van der Waals surface area contributed by atoms with Gasteiger partial charge < -0.3 is 19.0 Å².